The molecule has 118 valence electrons. The van der Waals surface area contributed by atoms with Crippen molar-refractivity contribution in [2.24, 2.45) is 0 Å². The van der Waals surface area contributed by atoms with Gasteiger partial charge in [-0.1, -0.05) is 50.8 Å². The van der Waals surface area contributed by atoms with Crippen molar-refractivity contribution < 1.29 is 4.65 Å². The maximum Gasteiger partial charge on any atom is 0.375 e. The molecule has 0 radical (unpaired) electrons. The van der Waals surface area contributed by atoms with Crippen LogP contribution in [0, 0.1) is 0 Å². The highest BCUT2D eigenvalue weighted by Crippen LogP contribution is 2.58. The van der Waals surface area contributed by atoms with Gasteiger partial charge in [0.2, 0.25) is 0 Å². The number of rotatable bonds is 5. The Morgan fingerprint density at radius 3 is 2.59 bits per heavy atom. The van der Waals surface area contributed by atoms with Crippen LogP contribution in [0.15, 0.2) is 59.1 Å². The van der Waals surface area contributed by atoms with Crippen LogP contribution < -0.4 is 0 Å². The van der Waals surface area contributed by atoms with Gasteiger partial charge in [0.1, 0.15) is 0 Å². The molecule has 1 aliphatic carbocycles. The van der Waals surface area contributed by atoms with Crippen molar-refractivity contribution in [3.63, 3.8) is 0 Å². The van der Waals surface area contributed by atoms with E-state index >= 15 is 0 Å². The SMILES string of the molecule is C=C(/C=C(\C=C/C)SB1OC(C)(C)C1(C)C)C1=CC=CCC1. The van der Waals surface area contributed by atoms with E-state index in [1.807, 2.05) is 0 Å². The quantitative estimate of drug-likeness (QED) is 0.448. The summed E-state index contributed by atoms with van der Waals surface area (Å²) in [6.45, 7) is 15.2. The van der Waals surface area contributed by atoms with Gasteiger partial charge < -0.3 is 4.65 Å². The summed E-state index contributed by atoms with van der Waals surface area (Å²) in [6, 6.07) is 0. The van der Waals surface area contributed by atoms with Crippen molar-refractivity contribution in [1.29, 1.82) is 0 Å². The lowest BCUT2D eigenvalue weighted by Crippen LogP contribution is -2.59. The molecule has 0 N–H and O–H groups in total. The smallest absolute Gasteiger partial charge is 0.375 e. The van der Waals surface area contributed by atoms with Crippen molar-refractivity contribution in [3.8, 4) is 0 Å². The summed E-state index contributed by atoms with van der Waals surface area (Å²) in [5, 5.41) is 0.159. The van der Waals surface area contributed by atoms with Crippen LogP contribution in [0.1, 0.15) is 47.5 Å². The van der Waals surface area contributed by atoms with Crippen LogP contribution in [-0.4, -0.2) is 11.8 Å². The monoisotopic (exact) mass is 314 g/mol. The zero-order valence-corrected chi connectivity index (χ0v) is 15.3. The Bertz CT molecular complexity index is 564. The fraction of sp³-hybridized carbons (Fsp3) is 0.474. The van der Waals surface area contributed by atoms with Crippen molar-refractivity contribution >= 4 is 17.8 Å². The van der Waals surface area contributed by atoms with Crippen LogP contribution in [-0.2, 0) is 4.65 Å². The Morgan fingerprint density at radius 1 is 1.36 bits per heavy atom. The Balaban J connectivity index is 2.11. The molecule has 3 heteroatoms. The molecular formula is C19H27BOS. The van der Waals surface area contributed by atoms with Crippen molar-refractivity contribution in [2.45, 2.75) is 58.4 Å². The molecule has 0 unspecified atom stereocenters. The van der Waals surface area contributed by atoms with Gasteiger partial charge in [0.05, 0.1) is 0 Å². The van der Waals surface area contributed by atoms with Crippen LogP contribution >= 0.6 is 11.6 Å². The second-order valence-electron chi connectivity index (χ2n) is 7.03. The zero-order chi connectivity index (χ0) is 16.4. The first kappa shape index (κ1) is 17.4. The first-order chi connectivity index (χ1) is 10.3. The Hall–Kier alpha value is -0.925. The normalized spacial score (nSPS) is 23.4. The maximum absolute atomic E-state index is 6.08. The van der Waals surface area contributed by atoms with Gasteiger partial charge in [0, 0.05) is 10.9 Å². The first-order valence-corrected chi connectivity index (χ1v) is 8.90. The highest BCUT2D eigenvalue weighted by molar-refractivity contribution is 8.28. The Morgan fingerprint density at radius 2 is 2.09 bits per heavy atom. The van der Waals surface area contributed by atoms with Crippen molar-refractivity contribution in [2.75, 3.05) is 0 Å². The molecule has 0 bridgehead atoms. The van der Waals surface area contributed by atoms with Gasteiger partial charge in [0.15, 0.2) is 0 Å². The van der Waals surface area contributed by atoms with Crippen LogP contribution in [0.25, 0.3) is 0 Å². The lowest BCUT2D eigenvalue weighted by molar-refractivity contribution is -0.00475. The predicted molar refractivity (Wildman–Crippen MR) is 101 cm³/mol. The fourth-order valence-electron chi connectivity index (χ4n) is 2.51. The molecule has 0 spiro atoms. The molecule has 2 rings (SSSR count). The predicted octanol–water partition coefficient (Wildman–Crippen LogP) is 6.09. The Kier molecular flexibility index (Phi) is 5.29. The minimum absolute atomic E-state index is 0.0561. The van der Waals surface area contributed by atoms with Crippen LogP contribution in [0.3, 0.4) is 0 Å². The van der Waals surface area contributed by atoms with Gasteiger partial charge in [0.25, 0.3) is 0 Å². The van der Waals surface area contributed by atoms with E-state index in [1.54, 1.807) is 11.6 Å². The van der Waals surface area contributed by atoms with E-state index < -0.39 is 0 Å². The van der Waals surface area contributed by atoms with E-state index in [4.69, 9.17) is 4.65 Å². The zero-order valence-electron chi connectivity index (χ0n) is 14.5. The average Bonchev–Trinajstić information content (AvgIpc) is 2.47. The number of hydrogen-bond acceptors (Lipinski definition) is 2. The maximum atomic E-state index is 6.08. The largest absolute Gasteiger partial charge is 0.420 e. The minimum atomic E-state index is -0.0561. The summed E-state index contributed by atoms with van der Waals surface area (Å²) in [5.74, 6) is 0. The van der Waals surface area contributed by atoms with E-state index in [1.165, 1.54) is 10.5 Å². The van der Waals surface area contributed by atoms with Crippen LogP contribution in [0.4, 0.5) is 0 Å². The molecule has 1 saturated heterocycles. The summed E-state index contributed by atoms with van der Waals surface area (Å²) in [4.78, 5) is 1.22. The van der Waals surface area contributed by atoms with E-state index in [0.29, 0.717) is 0 Å². The van der Waals surface area contributed by atoms with Gasteiger partial charge in [-0.25, -0.2) is 0 Å². The van der Waals surface area contributed by atoms with Crippen LogP contribution in [0.5, 0.6) is 0 Å². The van der Waals surface area contributed by atoms with Gasteiger partial charge in [-0.3, -0.25) is 0 Å². The fourth-order valence-corrected chi connectivity index (χ4v) is 4.05. The van der Waals surface area contributed by atoms with E-state index in [0.717, 1.165) is 18.4 Å². The summed E-state index contributed by atoms with van der Waals surface area (Å²) in [7, 11) is 0. The standard InChI is InChI=1S/C19H27BOS/c1-7-11-17(14-15(2)16-12-9-8-10-13-16)22-20-18(3,4)19(5,6)21-20/h7-9,11-12,14H,2,10,13H2,1,3-6H3/b11-7-,17-14+. The van der Waals surface area contributed by atoms with Gasteiger partial charge >= 0.3 is 6.19 Å². The second kappa shape index (κ2) is 6.68. The third kappa shape index (κ3) is 3.52. The third-order valence-electron chi connectivity index (χ3n) is 4.86. The molecule has 0 amide bonds. The number of allylic oxidation sites excluding steroid dienone is 8. The van der Waals surface area contributed by atoms with Gasteiger partial charge in [-0.05, 0) is 55.7 Å². The van der Waals surface area contributed by atoms with E-state index in [9.17, 15) is 0 Å². The molecule has 1 fully saturated rings. The molecule has 1 nitrogen and oxygen atoms in total. The molecule has 0 atom stereocenters. The lowest BCUT2D eigenvalue weighted by Gasteiger charge is -2.56. The molecule has 1 aliphatic heterocycles. The summed E-state index contributed by atoms with van der Waals surface area (Å²) >= 11 is 1.80. The summed E-state index contributed by atoms with van der Waals surface area (Å²) in [6.07, 6.45) is 15.3. The van der Waals surface area contributed by atoms with Gasteiger partial charge in [-0.15, -0.1) is 11.6 Å². The summed E-state index contributed by atoms with van der Waals surface area (Å²) in [5.41, 5.74) is 2.39. The third-order valence-corrected chi connectivity index (χ3v) is 6.29. The molecule has 2 aliphatic rings. The molecule has 22 heavy (non-hydrogen) atoms. The molecule has 0 aromatic carbocycles. The highest BCUT2D eigenvalue weighted by Gasteiger charge is 2.59. The first-order valence-electron chi connectivity index (χ1n) is 8.02. The van der Waals surface area contributed by atoms with Crippen molar-refractivity contribution in [1.82, 2.24) is 0 Å². The summed E-state index contributed by atoms with van der Waals surface area (Å²) < 4.78 is 6.08. The van der Waals surface area contributed by atoms with Crippen molar-refractivity contribution in [3.05, 3.63) is 59.1 Å². The topological polar surface area (TPSA) is 9.23 Å². The average molecular weight is 314 g/mol. The minimum Gasteiger partial charge on any atom is -0.420 e. The van der Waals surface area contributed by atoms with Gasteiger partial charge in [-0.2, -0.15) is 0 Å². The molecular weight excluding hydrogens is 287 g/mol. The van der Waals surface area contributed by atoms with E-state index in [-0.39, 0.29) is 17.1 Å². The molecule has 0 aromatic heterocycles. The van der Waals surface area contributed by atoms with E-state index in [2.05, 4.69) is 77.7 Å². The molecule has 0 aromatic rings. The van der Waals surface area contributed by atoms with Crippen LogP contribution in [0.2, 0.25) is 5.31 Å². The molecule has 1 heterocycles. The second-order valence-corrected chi connectivity index (χ2v) is 8.17. The number of hydrogen-bond donors (Lipinski definition) is 0. The lowest BCUT2D eigenvalue weighted by atomic mass is 9.49. The highest BCUT2D eigenvalue weighted by atomic mass is 32.2. The Labute approximate surface area is 140 Å². The molecule has 0 saturated carbocycles.